The van der Waals surface area contributed by atoms with E-state index in [0.29, 0.717) is 11.4 Å². The maximum absolute atomic E-state index is 13.0. The SMILES string of the molecule is Cc1ccc2c(c1)N(S(C)(=O)=O)CC(C(=O)NC(C)c1ccc3c(c1)CCCC3)O2. The Labute approximate surface area is 178 Å². The number of hydrogen-bond acceptors (Lipinski definition) is 4. The summed E-state index contributed by atoms with van der Waals surface area (Å²) in [6.45, 7) is 3.79. The highest BCUT2D eigenvalue weighted by Gasteiger charge is 2.35. The number of nitrogens with zero attached hydrogens (tertiary/aromatic N) is 1. The van der Waals surface area contributed by atoms with E-state index in [1.165, 1.54) is 28.3 Å². The lowest BCUT2D eigenvalue weighted by atomic mass is 9.89. The molecule has 4 rings (SSSR count). The van der Waals surface area contributed by atoms with Gasteiger partial charge in [0.15, 0.2) is 6.10 Å². The molecule has 160 valence electrons. The van der Waals surface area contributed by atoms with Crippen LogP contribution < -0.4 is 14.4 Å². The van der Waals surface area contributed by atoms with E-state index in [4.69, 9.17) is 4.74 Å². The highest BCUT2D eigenvalue weighted by molar-refractivity contribution is 7.92. The topological polar surface area (TPSA) is 75.7 Å². The molecule has 0 saturated heterocycles. The molecule has 0 fully saturated rings. The zero-order valence-electron chi connectivity index (χ0n) is 17.6. The Hall–Kier alpha value is -2.54. The van der Waals surface area contributed by atoms with Crippen LogP contribution in [-0.2, 0) is 27.7 Å². The standard InChI is InChI=1S/C23H28N2O4S/c1-15-8-11-21-20(12-15)25(30(3,27)28)14-22(29-21)23(26)24-16(2)18-10-9-17-6-4-5-7-19(17)13-18/h8-13,16,22H,4-7,14H2,1-3H3,(H,24,26). The monoisotopic (exact) mass is 428 g/mol. The Balaban J connectivity index is 1.53. The summed E-state index contributed by atoms with van der Waals surface area (Å²) in [7, 11) is -3.54. The lowest BCUT2D eigenvalue weighted by Crippen LogP contribution is -2.50. The summed E-state index contributed by atoms with van der Waals surface area (Å²) >= 11 is 0. The maximum atomic E-state index is 13.0. The van der Waals surface area contributed by atoms with Crippen LogP contribution in [0.1, 0.15) is 48.1 Å². The zero-order valence-corrected chi connectivity index (χ0v) is 18.5. The first kappa shape index (κ1) is 20.7. The molecule has 6 nitrogen and oxygen atoms in total. The van der Waals surface area contributed by atoms with Crippen molar-refractivity contribution in [3.63, 3.8) is 0 Å². The van der Waals surface area contributed by atoms with Crippen LogP contribution >= 0.6 is 0 Å². The molecule has 1 N–H and O–H groups in total. The number of carbonyl (C=O) groups excluding carboxylic acids is 1. The van der Waals surface area contributed by atoms with Gasteiger partial charge in [-0.05, 0) is 73.9 Å². The average Bonchev–Trinajstić information content (AvgIpc) is 2.71. The van der Waals surface area contributed by atoms with E-state index in [1.807, 2.05) is 19.9 Å². The molecule has 2 unspecified atom stereocenters. The second kappa shape index (κ2) is 7.95. The molecular formula is C23H28N2O4S. The van der Waals surface area contributed by atoms with Gasteiger partial charge in [-0.3, -0.25) is 9.10 Å². The molecule has 1 amide bonds. The normalized spacial score (nSPS) is 19.3. The lowest BCUT2D eigenvalue weighted by molar-refractivity contribution is -0.128. The van der Waals surface area contributed by atoms with Crippen molar-refractivity contribution in [2.45, 2.75) is 51.7 Å². The quantitative estimate of drug-likeness (QED) is 0.811. The number of sulfonamides is 1. The first-order valence-corrected chi connectivity index (χ1v) is 12.2. The molecule has 0 bridgehead atoms. The average molecular weight is 429 g/mol. The summed E-state index contributed by atoms with van der Waals surface area (Å²) in [4.78, 5) is 13.0. The first-order chi connectivity index (χ1) is 14.2. The smallest absolute Gasteiger partial charge is 0.263 e. The largest absolute Gasteiger partial charge is 0.476 e. The molecule has 2 aromatic rings. The molecular weight excluding hydrogens is 400 g/mol. The number of hydrogen-bond donors (Lipinski definition) is 1. The van der Waals surface area contributed by atoms with Crippen molar-refractivity contribution in [2.75, 3.05) is 17.1 Å². The molecule has 7 heteroatoms. The molecule has 0 radical (unpaired) electrons. The van der Waals surface area contributed by atoms with Crippen LogP contribution in [0.15, 0.2) is 36.4 Å². The second-order valence-electron chi connectivity index (χ2n) is 8.34. The molecule has 2 atom stereocenters. The highest BCUT2D eigenvalue weighted by Crippen LogP contribution is 2.36. The van der Waals surface area contributed by atoms with Gasteiger partial charge in [-0.1, -0.05) is 24.3 Å². The van der Waals surface area contributed by atoms with Crippen LogP contribution in [0, 0.1) is 6.92 Å². The minimum atomic E-state index is -3.54. The minimum Gasteiger partial charge on any atom is -0.476 e. The molecule has 1 heterocycles. The van der Waals surface area contributed by atoms with Crippen molar-refractivity contribution in [3.05, 3.63) is 58.7 Å². The molecule has 0 aromatic heterocycles. The van der Waals surface area contributed by atoms with Gasteiger partial charge >= 0.3 is 0 Å². The van der Waals surface area contributed by atoms with E-state index in [2.05, 4.69) is 23.5 Å². The lowest BCUT2D eigenvalue weighted by Gasteiger charge is -2.34. The number of nitrogens with one attached hydrogen (secondary N) is 1. The van der Waals surface area contributed by atoms with Crippen molar-refractivity contribution >= 4 is 21.6 Å². The fraction of sp³-hybridized carbons (Fsp3) is 0.435. The van der Waals surface area contributed by atoms with Crippen LogP contribution in [0.5, 0.6) is 5.75 Å². The van der Waals surface area contributed by atoms with Gasteiger partial charge in [-0.25, -0.2) is 8.42 Å². The van der Waals surface area contributed by atoms with Crippen LogP contribution in [-0.4, -0.2) is 33.2 Å². The van der Waals surface area contributed by atoms with Gasteiger partial charge in [-0.2, -0.15) is 0 Å². The number of fused-ring (bicyclic) bond motifs is 2. The summed E-state index contributed by atoms with van der Waals surface area (Å²) in [5.41, 5.74) is 5.21. The number of benzene rings is 2. The molecule has 2 aliphatic rings. The van der Waals surface area contributed by atoms with E-state index >= 15 is 0 Å². The number of anilines is 1. The van der Waals surface area contributed by atoms with Crippen molar-refractivity contribution in [3.8, 4) is 5.75 Å². The van der Waals surface area contributed by atoms with Crippen LogP contribution in [0.25, 0.3) is 0 Å². The third-order valence-electron chi connectivity index (χ3n) is 5.91. The highest BCUT2D eigenvalue weighted by atomic mass is 32.2. The number of ether oxygens (including phenoxy) is 1. The number of aryl methyl sites for hydroxylation is 3. The van der Waals surface area contributed by atoms with Crippen LogP contribution in [0.3, 0.4) is 0 Å². The van der Waals surface area contributed by atoms with Crippen molar-refractivity contribution in [1.82, 2.24) is 5.32 Å². The Morgan fingerprint density at radius 3 is 2.60 bits per heavy atom. The van der Waals surface area contributed by atoms with Gasteiger partial charge in [0.2, 0.25) is 10.0 Å². The van der Waals surface area contributed by atoms with Gasteiger partial charge in [0, 0.05) is 0 Å². The molecule has 30 heavy (non-hydrogen) atoms. The molecule has 0 spiro atoms. The third-order valence-corrected chi connectivity index (χ3v) is 7.05. The Morgan fingerprint density at radius 2 is 1.87 bits per heavy atom. The number of rotatable bonds is 4. The summed E-state index contributed by atoms with van der Waals surface area (Å²) in [5.74, 6) is 0.0824. The fourth-order valence-corrected chi connectivity index (χ4v) is 5.13. The number of carbonyl (C=O) groups is 1. The van der Waals surface area contributed by atoms with Crippen molar-refractivity contribution in [2.24, 2.45) is 0 Å². The van der Waals surface area contributed by atoms with Crippen molar-refractivity contribution in [1.29, 1.82) is 0 Å². The third kappa shape index (κ3) is 4.17. The van der Waals surface area contributed by atoms with E-state index in [-0.39, 0.29) is 18.5 Å². The molecule has 2 aromatic carbocycles. The Bertz CT molecular complexity index is 1080. The van der Waals surface area contributed by atoms with Crippen LogP contribution in [0.4, 0.5) is 5.69 Å². The second-order valence-corrected chi connectivity index (χ2v) is 10.2. The van der Waals surface area contributed by atoms with Gasteiger partial charge < -0.3 is 10.1 Å². The summed E-state index contributed by atoms with van der Waals surface area (Å²) in [6, 6.07) is 11.5. The van der Waals surface area contributed by atoms with Crippen LogP contribution in [0.2, 0.25) is 0 Å². The van der Waals surface area contributed by atoms with Gasteiger partial charge in [0.05, 0.1) is 24.5 Å². The summed E-state index contributed by atoms with van der Waals surface area (Å²) in [5, 5.41) is 3.00. The maximum Gasteiger partial charge on any atom is 0.263 e. The summed E-state index contributed by atoms with van der Waals surface area (Å²) in [6.07, 6.45) is 4.87. The minimum absolute atomic E-state index is 0.0436. The van der Waals surface area contributed by atoms with E-state index in [9.17, 15) is 13.2 Å². The molecule has 0 saturated carbocycles. The summed E-state index contributed by atoms with van der Waals surface area (Å²) < 4.78 is 31.8. The van der Waals surface area contributed by atoms with E-state index in [1.54, 1.807) is 12.1 Å². The van der Waals surface area contributed by atoms with E-state index < -0.39 is 16.1 Å². The predicted molar refractivity (Wildman–Crippen MR) is 117 cm³/mol. The van der Waals surface area contributed by atoms with Gasteiger partial charge in [0.25, 0.3) is 5.91 Å². The Morgan fingerprint density at radius 1 is 1.13 bits per heavy atom. The van der Waals surface area contributed by atoms with Gasteiger partial charge in [0.1, 0.15) is 5.75 Å². The molecule has 1 aliphatic carbocycles. The van der Waals surface area contributed by atoms with Gasteiger partial charge in [-0.15, -0.1) is 0 Å². The zero-order chi connectivity index (χ0) is 21.5. The predicted octanol–water partition coefficient (Wildman–Crippen LogP) is 3.28. The molecule has 1 aliphatic heterocycles. The first-order valence-electron chi connectivity index (χ1n) is 10.4. The van der Waals surface area contributed by atoms with Crippen molar-refractivity contribution < 1.29 is 17.9 Å². The Kier molecular flexibility index (Phi) is 5.49. The fourth-order valence-electron chi connectivity index (χ4n) is 4.22. The van der Waals surface area contributed by atoms with E-state index in [0.717, 1.165) is 30.2 Å². The number of amides is 1.